The maximum Gasteiger partial charge on any atom is 0.257 e. The summed E-state index contributed by atoms with van der Waals surface area (Å²) in [5, 5.41) is 0. The van der Waals surface area contributed by atoms with E-state index in [1.54, 1.807) is 68.7 Å². The molecule has 0 spiro atoms. The van der Waals surface area contributed by atoms with Crippen molar-refractivity contribution in [2.75, 3.05) is 14.1 Å². The minimum Gasteiger partial charge on any atom is -0.457 e. The molecule has 198 valence electrons. The van der Waals surface area contributed by atoms with Gasteiger partial charge in [0.15, 0.2) is 0 Å². The molecule has 9 heteroatoms. The number of carbonyl (C=O) groups is 2. The van der Waals surface area contributed by atoms with E-state index in [1.807, 2.05) is 12.1 Å². The first kappa shape index (κ1) is 26.7. The molecule has 0 heterocycles. The zero-order valence-corrected chi connectivity index (χ0v) is 21.6. The second-order valence-electron chi connectivity index (χ2n) is 9.56. The number of amidine groups is 1. The number of hydrogen-bond donors (Lipinski definition) is 3. The van der Waals surface area contributed by atoms with Gasteiger partial charge in [0.05, 0.1) is 11.6 Å². The molecule has 0 aliphatic heterocycles. The van der Waals surface area contributed by atoms with Crippen LogP contribution in [0.4, 0.5) is 0 Å². The number of carbonyl (C=O) groups excluding carboxylic acids is 2. The number of rotatable bonds is 8. The van der Waals surface area contributed by atoms with E-state index in [1.165, 1.54) is 4.90 Å². The van der Waals surface area contributed by atoms with Crippen LogP contribution in [0.1, 0.15) is 52.0 Å². The topological polar surface area (TPSA) is 146 Å². The first-order valence-corrected chi connectivity index (χ1v) is 12.5. The van der Waals surface area contributed by atoms with Crippen molar-refractivity contribution >= 4 is 17.6 Å². The fraction of sp³-hybridized carbons (Fsp3) is 0.276. The van der Waals surface area contributed by atoms with Crippen molar-refractivity contribution in [3.63, 3.8) is 0 Å². The van der Waals surface area contributed by atoms with Crippen LogP contribution in [0.15, 0.2) is 71.7 Å². The quantitative estimate of drug-likeness (QED) is 0.305. The molecule has 0 aromatic heterocycles. The van der Waals surface area contributed by atoms with Gasteiger partial charge in [0.2, 0.25) is 5.91 Å². The Morgan fingerprint density at radius 2 is 1.47 bits per heavy atom. The summed E-state index contributed by atoms with van der Waals surface area (Å²) in [4.78, 5) is 30.5. The lowest BCUT2D eigenvalue weighted by Crippen LogP contribution is -2.29. The largest absolute Gasteiger partial charge is 0.457 e. The summed E-state index contributed by atoms with van der Waals surface area (Å²) in [6.45, 7) is 0. The summed E-state index contributed by atoms with van der Waals surface area (Å²) in [6.07, 6.45) is 3.80. The van der Waals surface area contributed by atoms with E-state index in [0.29, 0.717) is 40.0 Å². The van der Waals surface area contributed by atoms with Gasteiger partial charge in [-0.3, -0.25) is 14.6 Å². The lowest BCUT2D eigenvalue weighted by atomic mass is 9.92. The minimum atomic E-state index is -0.552. The Balaban J connectivity index is 1.55. The highest BCUT2D eigenvalue weighted by Gasteiger charge is 2.19. The third kappa shape index (κ3) is 6.68. The van der Waals surface area contributed by atoms with Gasteiger partial charge >= 0.3 is 0 Å². The summed E-state index contributed by atoms with van der Waals surface area (Å²) >= 11 is 0. The van der Waals surface area contributed by atoms with Crippen LogP contribution in [0.25, 0.3) is 0 Å². The highest BCUT2D eigenvalue weighted by Crippen LogP contribution is 2.33. The Morgan fingerprint density at radius 3 is 2.13 bits per heavy atom. The maximum absolute atomic E-state index is 12.8. The van der Waals surface area contributed by atoms with Crippen LogP contribution in [0.5, 0.6) is 23.0 Å². The molecule has 1 fully saturated rings. The monoisotopic (exact) mass is 515 g/mol. The number of benzene rings is 3. The SMILES string of the molecule is CN(C)C(=O)c1ccc(Oc2cccc(C(N)=O)c2)cc1Oc1ccc(C(N)=NC2CCC(N)CC2)cc1. The average molecular weight is 516 g/mol. The summed E-state index contributed by atoms with van der Waals surface area (Å²) < 4.78 is 12.0. The smallest absolute Gasteiger partial charge is 0.257 e. The van der Waals surface area contributed by atoms with Gasteiger partial charge in [-0.25, -0.2) is 0 Å². The van der Waals surface area contributed by atoms with Gasteiger partial charge in [-0.2, -0.15) is 0 Å². The summed E-state index contributed by atoms with van der Waals surface area (Å²) in [6, 6.07) is 19.2. The Labute approximate surface area is 222 Å². The Hall–Kier alpha value is -4.37. The zero-order chi connectivity index (χ0) is 27.2. The molecule has 0 saturated heterocycles. The maximum atomic E-state index is 12.8. The van der Waals surface area contributed by atoms with Crippen LogP contribution in [0, 0.1) is 0 Å². The molecule has 0 radical (unpaired) electrons. The Bertz CT molecular complexity index is 1330. The van der Waals surface area contributed by atoms with E-state index >= 15 is 0 Å². The second kappa shape index (κ2) is 11.8. The molecular weight excluding hydrogens is 482 g/mol. The van der Waals surface area contributed by atoms with Crippen LogP contribution >= 0.6 is 0 Å². The fourth-order valence-electron chi connectivity index (χ4n) is 4.24. The minimum absolute atomic E-state index is 0.191. The van der Waals surface area contributed by atoms with Crippen LogP contribution in [0.3, 0.4) is 0 Å². The van der Waals surface area contributed by atoms with E-state index in [4.69, 9.17) is 26.7 Å². The van der Waals surface area contributed by atoms with Crippen LogP contribution < -0.4 is 26.7 Å². The lowest BCUT2D eigenvalue weighted by Gasteiger charge is -2.23. The molecule has 3 aromatic rings. The molecule has 2 amide bonds. The third-order valence-corrected chi connectivity index (χ3v) is 6.38. The molecule has 0 bridgehead atoms. The van der Waals surface area contributed by atoms with Crippen molar-refractivity contribution in [3.05, 3.63) is 83.4 Å². The molecule has 0 atom stereocenters. The normalized spacial score (nSPS) is 17.5. The standard InChI is InChI=1S/C29H33N5O4/c1-34(2)29(36)25-15-14-24(37-23-5-3-4-19(16-23)28(32)35)17-26(25)38-22-12-6-18(7-13-22)27(31)33-21-10-8-20(30)9-11-21/h3-7,12-17,20-21H,8-11,30H2,1-2H3,(H2,31,33)(H2,32,35). The van der Waals surface area contributed by atoms with Crippen LogP contribution in [0.2, 0.25) is 0 Å². The molecule has 38 heavy (non-hydrogen) atoms. The second-order valence-corrected chi connectivity index (χ2v) is 9.56. The van der Waals surface area contributed by atoms with E-state index in [9.17, 15) is 9.59 Å². The van der Waals surface area contributed by atoms with Gasteiger partial charge in [-0.05, 0) is 80.3 Å². The average Bonchev–Trinajstić information content (AvgIpc) is 2.90. The molecule has 9 nitrogen and oxygen atoms in total. The number of nitrogens with zero attached hydrogens (tertiary/aromatic N) is 2. The summed E-state index contributed by atoms with van der Waals surface area (Å²) in [5.74, 6) is 1.40. The van der Waals surface area contributed by atoms with Crippen molar-refractivity contribution in [2.45, 2.75) is 37.8 Å². The summed E-state index contributed by atoms with van der Waals surface area (Å²) in [5.41, 5.74) is 19.1. The third-order valence-electron chi connectivity index (χ3n) is 6.38. The Morgan fingerprint density at radius 1 is 0.816 bits per heavy atom. The molecule has 4 rings (SSSR count). The Kier molecular flexibility index (Phi) is 8.28. The number of hydrogen-bond acceptors (Lipinski definition) is 6. The fourth-order valence-corrected chi connectivity index (χ4v) is 4.24. The van der Waals surface area contributed by atoms with Crippen molar-refractivity contribution < 1.29 is 19.1 Å². The number of nitrogens with two attached hydrogens (primary N) is 3. The highest BCUT2D eigenvalue weighted by molar-refractivity contribution is 5.98. The van der Waals surface area contributed by atoms with Gasteiger partial charge in [0.25, 0.3) is 5.91 Å². The van der Waals surface area contributed by atoms with Crippen molar-refractivity contribution in [2.24, 2.45) is 22.2 Å². The van der Waals surface area contributed by atoms with Crippen molar-refractivity contribution in [3.8, 4) is 23.0 Å². The lowest BCUT2D eigenvalue weighted by molar-refractivity contribution is 0.0824. The molecular formula is C29H33N5O4. The zero-order valence-electron chi connectivity index (χ0n) is 21.6. The number of aliphatic imine (C=N–C) groups is 1. The van der Waals surface area contributed by atoms with Crippen LogP contribution in [-0.4, -0.2) is 48.7 Å². The van der Waals surface area contributed by atoms with E-state index in [2.05, 4.69) is 4.99 Å². The van der Waals surface area contributed by atoms with E-state index < -0.39 is 5.91 Å². The first-order valence-electron chi connectivity index (χ1n) is 12.5. The predicted octanol–water partition coefficient (Wildman–Crippen LogP) is 4.05. The van der Waals surface area contributed by atoms with Gasteiger partial charge in [-0.15, -0.1) is 0 Å². The van der Waals surface area contributed by atoms with Gasteiger partial charge in [-0.1, -0.05) is 6.07 Å². The number of primary amides is 1. The number of amides is 2. The highest BCUT2D eigenvalue weighted by atomic mass is 16.5. The van der Waals surface area contributed by atoms with E-state index in [0.717, 1.165) is 31.2 Å². The predicted molar refractivity (Wildman–Crippen MR) is 147 cm³/mol. The van der Waals surface area contributed by atoms with Crippen molar-refractivity contribution in [1.82, 2.24) is 4.90 Å². The van der Waals surface area contributed by atoms with Crippen LogP contribution in [-0.2, 0) is 0 Å². The van der Waals surface area contributed by atoms with E-state index in [-0.39, 0.29) is 18.0 Å². The number of ether oxygens (including phenoxy) is 2. The summed E-state index contributed by atoms with van der Waals surface area (Å²) in [7, 11) is 3.34. The van der Waals surface area contributed by atoms with Gasteiger partial charge < -0.3 is 31.6 Å². The molecule has 6 N–H and O–H groups in total. The van der Waals surface area contributed by atoms with Gasteiger partial charge in [0.1, 0.15) is 28.8 Å². The molecule has 1 aliphatic rings. The molecule has 3 aromatic carbocycles. The molecule has 0 unspecified atom stereocenters. The van der Waals surface area contributed by atoms with Crippen molar-refractivity contribution in [1.29, 1.82) is 0 Å². The van der Waals surface area contributed by atoms with Gasteiger partial charge in [0, 0.05) is 37.3 Å². The molecule has 1 aliphatic carbocycles. The first-order chi connectivity index (χ1) is 18.2. The molecule has 1 saturated carbocycles.